The Hall–Kier alpha value is -1.75. The summed E-state index contributed by atoms with van der Waals surface area (Å²) in [6, 6.07) is 16.6. The van der Waals surface area contributed by atoms with E-state index in [1.807, 2.05) is 24.4 Å². The molecule has 2 heterocycles. The van der Waals surface area contributed by atoms with Crippen molar-refractivity contribution in [3.05, 3.63) is 66.0 Å². The number of hydrazine groups is 1. The number of aromatic nitrogens is 1. The van der Waals surface area contributed by atoms with Crippen molar-refractivity contribution in [1.29, 1.82) is 0 Å². The lowest BCUT2D eigenvalue weighted by molar-refractivity contribution is -0.0212. The molecular formula is C18H23N3O. The molecule has 0 amide bonds. The summed E-state index contributed by atoms with van der Waals surface area (Å²) < 4.78 is 0. The Bertz CT molecular complexity index is 561. The highest BCUT2D eigenvalue weighted by molar-refractivity contribution is 5.15. The van der Waals surface area contributed by atoms with Gasteiger partial charge in [0.05, 0.1) is 18.3 Å². The molecule has 1 aromatic heterocycles. The van der Waals surface area contributed by atoms with Crippen molar-refractivity contribution in [2.45, 2.75) is 25.5 Å². The summed E-state index contributed by atoms with van der Waals surface area (Å²) in [5.74, 6) is 0. The quantitative estimate of drug-likeness (QED) is 0.886. The van der Waals surface area contributed by atoms with Crippen LogP contribution in [0.5, 0.6) is 0 Å². The number of β-amino-alcohol motifs (C(OH)–C–C–N with tert-alkyl or cyclic N) is 1. The van der Waals surface area contributed by atoms with Crippen LogP contribution < -0.4 is 0 Å². The molecule has 1 aliphatic rings. The van der Waals surface area contributed by atoms with Crippen molar-refractivity contribution in [2.24, 2.45) is 0 Å². The second kappa shape index (κ2) is 7.49. The third-order valence-corrected chi connectivity index (χ3v) is 4.11. The van der Waals surface area contributed by atoms with E-state index in [2.05, 4.69) is 45.3 Å². The summed E-state index contributed by atoms with van der Waals surface area (Å²) in [5.41, 5.74) is 2.41. The van der Waals surface area contributed by atoms with Crippen molar-refractivity contribution < 1.29 is 5.11 Å². The number of hydrogen-bond acceptors (Lipinski definition) is 4. The third kappa shape index (κ3) is 4.13. The fraction of sp³-hybridized carbons (Fsp3) is 0.389. The summed E-state index contributed by atoms with van der Waals surface area (Å²) in [7, 11) is 0. The van der Waals surface area contributed by atoms with Crippen LogP contribution in [0.15, 0.2) is 54.7 Å². The molecule has 0 saturated carbocycles. The SMILES string of the molecule is O[C@H]1CCN(N(CCc2ccccc2)Cc2ccccn2)C1. The molecule has 4 heteroatoms. The van der Waals surface area contributed by atoms with Gasteiger partial charge >= 0.3 is 0 Å². The molecule has 0 spiro atoms. The van der Waals surface area contributed by atoms with Crippen molar-refractivity contribution in [3.8, 4) is 0 Å². The number of pyridine rings is 1. The number of aliphatic hydroxyl groups excluding tert-OH is 1. The normalized spacial score (nSPS) is 18.9. The lowest BCUT2D eigenvalue weighted by atomic mass is 10.1. The Kier molecular flexibility index (Phi) is 5.16. The van der Waals surface area contributed by atoms with Gasteiger partial charge in [0.25, 0.3) is 0 Å². The minimum absolute atomic E-state index is 0.206. The van der Waals surface area contributed by atoms with Crippen LogP contribution in [-0.2, 0) is 13.0 Å². The first-order valence-electron chi connectivity index (χ1n) is 7.93. The lowest BCUT2D eigenvalue weighted by Crippen LogP contribution is -2.42. The fourth-order valence-electron chi connectivity index (χ4n) is 2.88. The van der Waals surface area contributed by atoms with Gasteiger partial charge < -0.3 is 5.11 Å². The molecule has 116 valence electrons. The van der Waals surface area contributed by atoms with Crippen LogP contribution in [0, 0.1) is 0 Å². The highest BCUT2D eigenvalue weighted by Gasteiger charge is 2.25. The van der Waals surface area contributed by atoms with Crippen molar-refractivity contribution >= 4 is 0 Å². The zero-order valence-electron chi connectivity index (χ0n) is 12.8. The molecule has 4 nitrogen and oxygen atoms in total. The first-order chi connectivity index (χ1) is 10.8. The maximum absolute atomic E-state index is 9.82. The maximum atomic E-state index is 9.82. The Morgan fingerprint density at radius 2 is 1.95 bits per heavy atom. The first kappa shape index (κ1) is 15.2. The number of benzene rings is 1. The second-order valence-corrected chi connectivity index (χ2v) is 5.80. The summed E-state index contributed by atoms with van der Waals surface area (Å²) >= 11 is 0. The van der Waals surface area contributed by atoms with Crippen LogP contribution in [0.3, 0.4) is 0 Å². The van der Waals surface area contributed by atoms with Gasteiger partial charge in [-0.15, -0.1) is 0 Å². The molecule has 1 N–H and O–H groups in total. The number of hydrogen-bond donors (Lipinski definition) is 1. The Morgan fingerprint density at radius 1 is 1.14 bits per heavy atom. The highest BCUT2D eigenvalue weighted by atomic mass is 16.3. The molecule has 1 saturated heterocycles. The van der Waals surface area contributed by atoms with Gasteiger partial charge in [0.1, 0.15) is 0 Å². The number of nitrogens with zero attached hydrogens (tertiary/aromatic N) is 3. The van der Waals surface area contributed by atoms with E-state index in [4.69, 9.17) is 0 Å². The third-order valence-electron chi connectivity index (χ3n) is 4.11. The van der Waals surface area contributed by atoms with Gasteiger partial charge in [-0.05, 0) is 30.5 Å². The average molecular weight is 297 g/mol. The largest absolute Gasteiger partial charge is 0.392 e. The first-order valence-corrected chi connectivity index (χ1v) is 7.93. The van der Waals surface area contributed by atoms with E-state index in [0.29, 0.717) is 0 Å². The standard InChI is InChI=1S/C18H23N3O/c22-18-10-13-21(15-18)20(14-17-8-4-5-11-19-17)12-9-16-6-2-1-3-7-16/h1-8,11,18,22H,9-10,12-15H2/t18-/m0/s1. The molecule has 0 aliphatic carbocycles. The summed E-state index contributed by atoms with van der Waals surface area (Å²) in [6.45, 7) is 3.37. The van der Waals surface area contributed by atoms with Gasteiger partial charge in [0.15, 0.2) is 0 Å². The molecule has 1 aromatic carbocycles. The molecule has 22 heavy (non-hydrogen) atoms. The monoisotopic (exact) mass is 297 g/mol. The van der Waals surface area contributed by atoms with Crippen LogP contribution in [0.25, 0.3) is 0 Å². The number of rotatable bonds is 6. The molecule has 2 aromatic rings. The Labute approximate surface area is 132 Å². The Balaban J connectivity index is 1.66. The zero-order valence-corrected chi connectivity index (χ0v) is 12.8. The topological polar surface area (TPSA) is 39.6 Å². The Morgan fingerprint density at radius 3 is 2.64 bits per heavy atom. The minimum atomic E-state index is -0.206. The summed E-state index contributed by atoms with van der Waals surface area (Å²) in [5, 5.41) is 14.4. The van der Waals surface area contributed by atoms with Crippen LogP contribution in [0.2, 0.25) is 0 Å². The summed E-state index contributed by atoms with van der Waals surface area (Å²) in [4.78, 5) is 4.43. The molecule has 1 fully saturated rings. The molecule has 0 radical (unpaired) electrons. The van der Waals surface area contributed by atoms with Gasteiger partial charge in [-0.25, -0.2) is 10.0 Å². The summed E-state index contributed by atoms with van der Waals surface area (Å²) in [6.07, 6.45) is 3.48. The van der Waals surface area contributed by atoms with Gasteiger partial charge in [-0.3, -0.25) is 4.98 Å². The minimum Gasteiger partial charge on any atom is -0.392 e. The number of aliphatic hydroxyl groups is 1. The van der Waals surface area contributed by atoms with Crippen molar-refractivity contribution in [3.63, 3.8) is 0 Å². The van der Waals surface area contributed by atoms with E-state index >= 15 is 0 Å². The van der Waals surface area contributed by atoms with Crippen LogP contribution >= 0.6 is 0 Å². The maximum Gasteiger partial charge on any atom is 0.0694 e. The molecule has 0 unspecified atom stereocenters. The van der Waals surface area contributed by atoms with Gasteiger partial charge in [0.2, 0.25) is 0 Å². The second-order valence-electron chi connectivity index (χ2n) is 5.80. The molecule has 1 aliphatic heterocycles. The van der Waals surface area contributed by atoms with E-state index in [1.54, 1.807) is 0 Å². The molecule has 1 atom stereocenters. The average Bonchev–Trinajstić information content (AvgIpc) is 3.00. The highest BCUT2D eigenvalue weighted by Crippen LogP contribution is 2.15. The smallest absolute Gasteiger partial charge is 0.0694 e. The zero-order chi connectivity index (χ0) is 15.2. The van der Waals surface area contributed by atoms with Gasteiger partial charge in [-0.2, -0.15) is 0 Å². The molecule has 3 rings (SSSR count). The van der Waals surface area contributed by atoms with Crippen LogP contribution in [0.1, 0.15) is 17.7 Å². The van der Waals surface area contributed by atoms with E-state index in [0.717, 1.165) is 44.7 Å². The van der Waals surface area contributed by atoms with Crippen LogP contribution in [0.4, 0.5) is 0 Å². The van der Waals surface area contributed by atoms with Crippen molar-refractivity contribution in [2.75, 3.05) is 19.6 Å². The van der Waals surface area contributed by atoms with E-state index < -0.39 is 0 Å². The van der Waals surface area contributed by atoms with E-state index in [-0.39, 0.29) is 6.10 Å². The van der Waals surface area contributed by atoms with E-state index in [1.165, 1.54) is 5.56 Å². The van der Waals surface area contributed by atoms with Crippen LogP contribution in [-0.4, -0.2) is 45.8 Å². The van der Waals surface area contributed by atoms with Gasteiger partial charge in [0, 0.05) is 25.8 Å². The molecule has 0 bridgehead atoms. The predicted octanol–water partition coefficient (Wildman–Crippen LogP) is 2.11. The lowest BCUT2D eigenvalue weighted by Gasteiger charge is -2.31. The van der Waals surface area contributed by atoms with E-state index in [9.17, 15) is 5.11 Å². The predicted molar refractivity (Wildman–Crippen MR) is 87.0 cm³/mol. The fourth-order valence-corrected chi connectivity index (χ4v) is 2.88. The van der Waals surface area contributed by atoms with Crippen molar-refractivity contribution in [1.82, 2.24) is 15.0 Å². The van der Waals surface area contributed by atoms with Gasteiger partial charge in [-0.1, -0.05) is 36.4 Å². The molecular weight excluding hydrogens is 274 g/mol.